The van der Waals surface area contributed by atoms with E-state index in [2.05, 4.69) is 34.5 Å². The summed E-state index contributed by atoms with van der Waals surface area (Å²) in [6.07, 6.45) is 0.908. The molecule has 0 spiro atoms. The minimum absolute atomic E-state index is 0.120. The zero-order valence-corrected chi connectivity index (χ0v) is 13.5. The lowest BCUT2D eigenvalue weighted by atomic mass is 10.1. The summed E-state index contributed by atoms with van der Waals surface area (Å²) in [5, 5.41) is 0.236. The van der Waals surface area contributed by atoms with Crippen LogP contribution in [0.1, 0.15) is 20.3 Å². The van der Waals surface area contributed by atoms with Crippen LogP contribution in [0.4, 0.5) is 0 Å². The van der Waals surface area contributed by atoms with Crippen molar-refractivity contribution in [2.45, 2.75) is 30.0 Å². The van der Waals surface area contributed by atoms with Gasteiger partial charge in [-0.3, -0.25) is 0 Å². The molecule has 0 aliphatic rings. The van der Waals surface area contributed by atoms with E-state index < -0.39 is 10.0 Å². The van der Waals surface area contributed by atoms with Gasteiger partial charge in [0.05, 0.1) is 5.02 Å². The largest absolute Gasteiger partial charge is 0.242 e. The van der Waals surface area contributed by atoms with Gasteiger partial charge in [-0.05, 0) is 24.5 Å². The first-order chi connectivity index (χ1) is 8.33. The first kappa shape index (κ1) is 16.0. The SMILES string of the molecule is CC(C)CC(Br)CNS(=O)(=O)c1ccccc1Cl. The first-order valence-corrected chi connectivity index (χ1v) is 8.49. The van der Waals surface area contributed by atoms with Crippen LogP contribution in [-0.4, -0.2) is 19.8 Å². The van der Waals surface area contributed by atoms with Gasteiger partial charge in [-0.1, -0.05) is 53.5 Å². The Kier molecular flexibility index (Phi) is 6.11. The highest BCUT2D eigenvalue weighted by atomic mass is 79.9. The number of hydrogen-bond acceptors (Lipinski definition) is 2. The molecule has 1 N–H and O–H groups in total. The molecule has 102 valence electrons. The fourth-order valence-electron chi connectivity index (χ4n) is 1.54. The van der Waals surface area contributed by atoms with Gasteiger partial charge in [0.2, 0.25) is 10.0 Å². The van der Waals surface area contributed by atoms with E-state index in [4.69, 9.17) is 11.6 Å². The van der Waals surface area contributed by atoms with E-state index in [0.29, 0.717) is 12.5 Å². The van der Waals surface area contributed by atoms with Crippen LogP contribution in [0.15, 0.2) is 29.2 Å². The maximum atomic E-state index is 12.0. The summed E-state index contributed by atoms with van der Waals surface area (Å²) in [4.78, 5) is 0.241. The molecule has 18 heavy (non-hydrogen) atoms. The molecule has 0 heterocycles. The molecule has 3 nitrogen and oxygen atoms in total. The van der Waals surface area contributed by atoms with E-state index in [1.165, 1.54) is 6.07 Å². The van der Waals surface area contributed by atoms with Crippen molar-refractivity contribution in [1.82, 2.24) is 4.72 Å². The smallest absolute Gasteiger partial charge is 0.210 e. The topological polar surface area (TPSA) is 46.2 Å². The summed E-state index contributed by atoms with van der Waals surface area (Å²) in [6.45, 7) is 4.54. The summed E-state index contributed by atoms with van der Waals surface area (Å²) in [6, 6.07) is 6.42. The van der Waals surface area contributed by atoms with Crippen molar-refractivity contribution < 1.29 is 8.42 Å². The number of rotatable bonds is 6. The van der Waals surface area contributed by atoms with E-state index in [9.17, 15) is 8.42 Å². The zero-order chi connectivity index (χ0) is 13.8. The number of sulfonamides is 1. The van der Waals surface area contributed by atoms with Gasteiger partial charge in [-0.2, -0.15) is 0 Å². The van der Waals surface area contributed by atoms with Crippen molar-refractivity contribution in [3.05, 3.63) is 29.3 Å². The fraction of sp³-hybridized carbons (Fsp3) is 0.500. The summed E-state index contributed by atoms with van der Waals surface area (Å²) in [7, 11) is -3.53. The Morgan fingerprint density at radius 1 is 1.33 bits per heavy atom. The zero-order valence-electron chi connectivity index (χ0n) is 10.4. The van der Waals surface area contributed by atoms with E-state index in [-0.39, 0.29) is 14.7 Å². The minimum Gasteiger partial charge on any atom is -0.210 e. The van der Waals surface area contributed by atoms with Crippen LogP contribution in [0.3, 0.4) is 0 Å². The van der Waals surface area contributed by atoms with Crippen molar-refractivity contribution in [2.75, 3.05) is 6.54 Å². The first-order valence-electron chi connectivity index (χ1n) is 5.71. The number of benzene rings is 1. The fourth-order valence-corrected chi connectivity index (χ4v) is 4.26. The van der Waals surface area contributed by atoms with E-state index >= 15 is 0 Å². The van der Waals surface area contributed by atoms with Crippen LogP contribution in [0, 0.1) is 5.92 Å². The molecule has 0 aromatic heterocycles. The second-order valence-corrected chi connectivity index (χ2v) is 7.95. The lowest BCUT2D eigenvalue weighted by Crippen LogP contribution is -2.30. The van der Waals surface area contributed by atoms with Crippen molar-refractivity contribution in [3.63, 3.8) is 0 Å². The van der Waals surface area contributed by atoms with Gasteiger partial charge < -0.3 is 0 Å². The Morgan fingerprint density at radius 2 is 1.94 bits per heavy atom. The second kappa shape index (κ2) is 6.89. The van der Waals surface area contributed by atoms with Crippen LogP contribution in [0.5, 0.6) is 0 Å². The molecular formula is C12H17BrClNO2S. The van der Waals surface area contributed by atoms with Gasteiger partial charge in [0.1, 0.15) is 4.90 Å². The summed E-state index contributed by atoms with van der Waals surface area (Å²) >= 11 is 9.34. The standard InChI is InChI=1S/C12H17BrClNO2S/c1-9(2)7-10(13)8-15-18(16,17)12-6-4-3-5-11(12)14/h3-6,9-10,15H,7-8H2,1-2H3. The predicted octanol–water partition coefficient (Wildman–Crippen LogP) is 3.43. The Hall–Kier alpha value is -0.100. The maximum Gasteiger partial charge on any atom is 0.242 e. The molecule has 0 aliphatic heterocycles. The van der Waals surface area contributed by atoms with Crippen molar-refractivity contribution in [1.29, 1.82) is 0 Å². The molecular weight excluding hydrogens is 338 g/mol. The number of nitrogens with one attached hydrogen (secondary N) is 1. The molecule has 0 amide bonds. The highest BCUT2D eigenvalue weighted by molar-refractivity contribution is 9.09. The average Bonchev–Trinajstić information content (AvgIpc) is 2.26. The predicted molar refractivity (Wildman–Crippen MR) is 78.8 cm³/mol. The highest BCUT2D eigenvalue weighted by Crippen LogP contribution is 2.20. The van der Waals surface area contributed by atoms with Gasteiger partial charge in [-0.25, -0.2) is 13.1 Å². The van der Waals surface area contributed by atoms with Crippen LogP contribution in [0.2, 0.25) is 5.02 Å². The Labute approximate surface area is 122 Å². The van der Waals surface area contributed by atoms with E-state index in [0.717, 1.165) is 6.42 Å². The molecule has 0 saturated heterocycles. The summed E-state index contributed by atoms with van der Waals surface area (Å²) in [5.41, 5.74) is 0. The van der Waals surface area contributed by atoms with Crippen molar-refractivity contribution in [3.8, 4) is 0 Å². The monoisotopic (exact) mass is 353 g/mol. The quantitative estimate of drug-likeness (QED) is 0.796. The third-order valence-electron chi connectivity index (χ3n) is 2.35. The van der Waals surface area contributed by atoms with Gasteiger partial charge in [0.15, 0.2) is 0 Å². The van der Waals surface area contributed by atoms with Crippen molar-refractivity contribution >= 4 is 37.6 Å². The molecule has 1 rings (SSSR count). The van der Waals surface area contributed by atoms with Gasteiger partial charge in [-0.15, -0.1) is 0 Å². The summed E-state index contributed by atoms with van der Waals surface area (Å²) < 4.78 is 26.6. The molecule has 1 aromatic rings. The third-order valence-corrected chi connectivity index (χ3v) is 4.97. The van der Waals surface area contributed by atoms with Gasteiger partial charge in [0.25, 0.3) is 0 Å². The van der Waals surface area contributed by atoms with Gasteiger partial charge >= 0.3 is 0 Å². The molecule has 1 unspecified atom stereocenters. The Balaban J connectivity index is 2.69. The molecule has 0 saturated carbocycles. The van der Waals surface area contributed by atoms with Crippen LogP contribution < -0.4 is 4.72 Å². The minimum atomic E-state index is -3.53. The molecule has 1 atom stereocenters. The van der Waals surface area contributed by atoms with E-state index in [1.807, 2.05) is 0 Å². The molecule has 0 bridgehead atoms. The Bertz CT molecular complexity index is 491. The van der Waals surface area contributed by atoms with Crippen LogP contribution in [0.25, 0.3) is 0 Å². The number of hydrogen-bond donors (Lipinski definition) is 1. The molecule has 0 radical (unpaired) electrons. The summed E-state index contributed by atoms with van der Waals surface area (Å²) in [5.74, 6) is 0.513. The van der Waals surface area contributed by atoms with Crippen molar-refractivity contribution in [2.24, 2.45) is 5.92 Å². The van der Waals surface area contributed by atoms with Crippen LogP contribution >= 0.6 is 27.5 Å². The molecule has 1 aromatic carbocycles. The molecule has 6 heteroatoms. The average molecular weight is 355 g/mol. The lowest BCUT2D eigenvalue weighted by molar-refractivity contribution is 0.551. The maximum absolute atomic E-state index is 12.0. The normalized spacial score (nSPS) is 13.8. The van der Waals surface area contributed by atoms with E-state index in [1.54, 1.807) is 18.2 Å². The number of alkyl halides is 1. The number of halogens is 2. The second-order valence-electron chi connectivity index (χ2n) is 4.51. The van der Waals surface area contributed by atoms with Crippen LogP contribution in [-0.2, 0) is 10.0 Å². The molecule has 0 fully saturated rings. The highest BCUT2D eigenvalue weighted by Gasteiger charge is 2.18. The molecule has 0 aliphatic carbocycles. The lowest BCUT2D eigenvalue weighted by Gasteiger charge is -2.14. The third kappa shape index (κ3) is 4.88. The Morgan fingerprint density at radius 3 is 2.50 bits per heavy atom. The van der Waals surface area contributed by atoms with Gasteiger partial charge in [0, 0.05) is 11.4 Å².